The van der Waals surface area contributed by atoms with Crippen molar-refractivity contribution >= 4 is 67.7 Å². The fourth-order valence-electron chi connectivity index (χ4n) is 4.95. The number of nitrogens with two attached hydrogens (primary N) is 1. The van der Waals surface area contributed by atoms with Crippen molar-refractivity contribution in [3.63, 3.8) is 0 Å². The van der Waals surface area contributed by atoms with Gasteiger partial charge in [0.15, 0.2) is 11.5 Å². The normalized spacial score (nSPS) is 11.1. The van der Waals surface area contributed by atoms with Gasteiger partial charge in [0.1, 0.15) is 22.1 Å². The fraction of sp³-hybridized carbons (Fsp3) is 0.0303. The summed E-state index contributed by atoms with van der Waals surface area (Å²) in [6.45, 7) is 0. The molecule has 7 aromatic rings. The summed E-state index contributed by atoms with van der Waals surface area (Å²) < 4.78 is 8.08. The van der Waals surface area contributed by atoms with Crippen LogP contribution in [0.15, 0.2) is 103 Å². The van der Waals surface area contributed by atoms with Crippen LogP contribution in [0.4, 0.5) is 23.0 Å². The van der Waals surface area contributed by atoms with E-state index in [9.17, 15) is 4.79 Å². The molecule has 0 bridgehead atoms. The number of nitrogens with one attached hydrogen (secondary N) is 2. The van der Waals surface area contributed by atoms with E-state index in [1.807, 2.05) is 78.9 Å². The molecule has 44 heavy (non-hydrogen) atoms. The van der Waals surface area contributed by atoms with Crippen LogP contribution in [0, 0.1) is 0 Å². The zero-order valence-electron chi connectivity index (χ0n) is 23.3. The molecule has 9 nitrogen and oxygen atoms in total. The molecule has 0 atom stereocenters. The smallest absolute Gasteiger partial charge is 0.263 e. The van der Waals surface area contributed by atoms with Gasteiger partial charge in [0, 0.05) is 22.0 Å². The van der Waals surface area contributed by atoms with Gasteiger partial charge in [0.05, 0.1) is 28.6 Å². The zero-order valence-corrected chi connectivity index (χ0v) is 24.9. The van der Waals surface area contributed by atoms with E-state index in [0.717, 1.165) is 21.5 Å². The number of methoxy groups -OCH3 is 1. The summed E-state index contributed by atoms with van der Waals surface area (Å²) in [5, 5.41) is 12.4. The number of aromatic nitrogens is 4. The lowest BCUT2D eigenvalue weighted by atomic mass is 10.1. The molecule has 3 heterocycles. The van der Waals surface area contributed by atoms with Gasteiger partial charge in [-0.25, -0.2) is 14.5 Å². The van der Waals surface area contributed by atoms with Gasteiger partial charge >= 0.3 is 0 Å². The van der Waals surface area contributed by atoms with Gasteiger partial charge in [-0.2, -0.15) is 0 Å². The van der Waals surface area contributed by atoms with Crippen molar-refractivity contribution in [1.29, 1.82) is 0 Å². The third-order valence-electron chi connectivity index (χ3n) is 7.03. The van der Waals surface area contributed by atoms with Crippen LogP contribution in [0.25, 0.3) is 37.7 Å². The van der Waals surface area contributed by atoms with Crippen LogP contribution in [0.3, 0.4) is 0 Å². The van der Waals surface area contributed by atoms with Gasteiger partial charge in [0.25, 0.3) is 5.91 Å². The van der Waals surface area contributed by atoms with Crippen LogP contribution in [-0.2, 0) is 0 Å². The van der Waals surface area contributed by atoms with Crippen molar-refractivity contribution in [1.82, 2.24) is 19.6 Å². The van der Waals surface area contributed by atoms with Gasteiger partial charge in [-0.05, 0) is 72.8 Å². The molecular formula is C33H24ClN7O2S. The molecule has 0 saturated heterocycles. The molecule has 0 radical (unpaired) electrons. The second-order valence-electron chi connectivity index (χ2n) is 9.85. The van der Waals surface area contributed by atoms with Gasteiger partial charge < -0.3 is 21.1 Å². The maximum Gasteiger partial charge on any atom is 0.263 e. The Morgan fingerprint density at radius 3 is 2.34 bits per heavy atom. The Balaban J connectivity index is 1.49. The molecule has 4 N–H and O–H groups in total. The average Bonchev–Trinajstić information content (AvgIpc) is 3.63. The van der Waals surface area contributed by atoms with Gasteiger partial charge in [-0.1, -0.05) is 41.9 Å². The zero-order chi connectivity index (χ0) is 30.2. The van der Waals surface area contributed by atoms with Crippen LogP contribution < -0.4 is 21.1 Å². The second kappa shape index (κ2) is 11.3. The summed E-state index contributed by atoms with van der Waals surface area (Å²) >= 11 is 7.58. The van der Waals surface area contributed by atoms with Crippen molar-refractivity contribution in [2.24, 2.45) is 0 Å². The monoisotopic (exact) mass is 617 g/mol. The predicted octanol–water partition coefficient (Wildman–Crippen LogP) is 7.91. The number of benzene rings is 4. The molecule has 216 valence electrons. The molecule has 11 heteroatoms. The van der Waals surface area contributed by atoms with Crippen LogP contribution >= 0.6 is 22.9 Å². The van der Waals surface area contributed by atoms with E-state index in [1.54, 1.807) is 35.9 Å². The Bertz CT molecular complexity index is 2110. The number of hydrogen-bond donors (Lipinski definition) is 3. The number of nitrogen functional groups attached to an aromatic ring is 1. The number of fused-ring (bicyclic) bond motifs is 2. The topological polar surface area (TPSA) is 119 Å². The van der Waals surface area contributed by atoms with Crippen molar-refractivity contribution < 1.29 is 9.53 Å². The maximum atomic E-state index is 14.0. The number of nitrogens with zero attached hydrogens (tertiary/aromatic N) is 4. The van der Waals surface area contributed by atoms with Crippen LogP contribution in [-0.4, -0.2) is 32.6 Å². The number of carbonyl (C=O) groups excluding carboxylic acids is 1. The number of para-hydroxylation sites is 2. The Kier molecular flexibility index (Phi) is 7.05. The number of hydrogen-bond acceptors (Lipinski definition) is 8. The molecule has 3 aromatic heterocycles. The van der Waals surface area contributed by atoms with E-state index >= 15 is 0 Å². The Labute approximate surface area is 260 Å². The van der Waals surface area contributed by atoms with E-state index in [0.29, 0.717) is 38.5 Å². The lowest BCUT2D eigenvalue weighted by Crippen LogP contribution is -2.14. The van der Waals surface area contributed by atoms with Crippen LogP contribution in [0.1, 0.15) is 10.4 Å². The quantitative estimate of drug-likeness (QED) is 0.166. The molecule has 0 aliphatic rings. The molecule has 0 spiro atoms. The molecule has 1 amide bonds. The summed E-state index contributed by atoms with van der Waals surface area (Å²) in [6, 6.07) is 31.8. The average molecular weight is 618 g/mol. The number of amides is 1. The Morgan fingerprint density at radius 1 is 0.886 bits per heavy atom. The minimum Gasteiger partial charge on any atom is -0.497 e. The first-order valence-electron chi connectivity index (χ1n) is 13.6. The second-order valence-corrected chi connectivity index (χ2v) is 11.3. The van der Waals surface area contributed by atoms with Crippen LogP contribution in [0.2, 0.25) is 5.02 Å². The highest BCUT2D eigenvalue weighted by molar-refractivity contribution is 7.21. The summed E-state index contributed by atoms with van der Waals surface area (Å²) in [5.41, 5.74) is 11.5. The Hall–Kier alpha value is -5.45. The van der Waals surface area contributed by atoms with Gasteiger partial charge in [-0.3, -0.25) is 4.79 Å². The van der Waals surface area contributed by atoms with Gasteiger partial charge in [-0.15, -0.1) is 16.4 Å². The van der Waals surface area contributed by atoms with Crippen molar-refractivity contribution in [2.45, 2.75) is 0 Å². The van der Waals surface area contributed by atoms with Gasteiger partial charge in [0.2, 0.25) is 0 Å². The molecule has 0 aliphatic carbocycles. The van der Waals surface area contributed by atoms with Crippen molar-refractivity contribution in [2.75, 3.05) is 23.5 Å². The molecule has 0 saturated carbocycles. The van der Waals surface area contributed by atoms with Crippen LogP contribution in [0.5, 0.6) is 5.75 Å². The van der Waals surface area contributed by atoms with E-state index in [1.165, 1.54) is 11.3 Å². The summed E-state index contributed by atoms with van der Waals surface area (Å²) in [4.78, 5) is 23.6. The highest BCUT2D eigenvalue weighted by Gasteiger charge is 2.28. The highest BCUT2D eigenvalue weighted by atomic mass is 35.5. The molecule has 0 aliphatic heterocycles. The molecule has 4 aromatic carbocycles. The van der Waals surface area contributed by atoms with E-state index in [-0.39, 0.29) is 17.0 Å². The van der Waals surface area contributed by atoms with E-state index in [4.69, 9.17) is 37.1 Å². The Morgan fingerprint density at radius 2 is 1.61 bits per heavy atom. The minimum absolute atomic E-state index is 0.217. The van der Waals surface area contributed by atoms with E-state index in [2.05, 4.69) is 10.6 Å². The summed E-state index contributed by atoms with van der Waals surface area (Å²) in [6.07, 6.45) is 0. The highest BCUT2D eigenvalue weighted by Crippen LogP contribution is 2.41. The number of ether oxygens (including phenoxy) is 1. The molecule has 0 unspecified atom stereocenters. The number of rotatable bonds is 7. The molecular weight excluding hydrogens is 594 g/mol. The maximum absolute atomic E-state index is 14.0. The first kappa shape index (κ1) is 27.4. The number of halogens is 1. The first-order valence-corrected chi connectivity index (χ1v) is 14.8. The van der Waals surface area contributed by atoms with Crippen molar-refractivity contribution in [3.8, 4) is 27.6 Å². The summed E-state index contributed by atoms with van der Waals surface area (Å²) in [5.74, 6) is 0.810. The lowest BCUT2D eigenvalue weighted by Gasteiger charge is -2.13. The fourth-order valence-corrected chi connectivity index (χ4v) is 6.10. The number of carbonyl (C=O) groups is 1. The standard InChI is InChI=1S/C33H24ClN7O2S/c1-43-23-17-11-19(12-18-23)28-26(33-38-24-9-5-6-10-25(24)44-33)29(35)39-31-27(32(42)37-22-15-13-20(34)14-16-22)30(40-41(28)31)36-21-7-3-2-4-8-21/h2-18H,1H3,(H2,35,39)(H,36,40)(H,37,42). The first-order chi connectivity index (χ1) is 21.5. The third-order valence-corrected chi connectivity index (χ3v) is 8.33. The third kappa shape index (κ3) is 5.06. The predicted molar refractivity (Wildman–Crippen MR) is 177 cm³/mol. The number of anilines is 4. The van der Waals surface area contributed by atoms with E-state index < -0.39 is 5.91 Å². The molecule has 0 fully saturated rings. The molecule has 7 rings (SSSR count). The largest absolute Gasteiger partial charge is 0.497 e. The number of thiazole rings is 1. The minimum atomic E-state index is -0.416. The lowest BCUT2D eigenvalue weighted by molar-refractivity contribution is 0.102. The summed E-state index contributed by atoms with van der Waals surface area (Å²) in [7, 11) is 1.62. The van der Waals surface area contributed by atoms with Crippen molar-refractivity contribution in [3.05, 3.63) is 114 Å². The SMILES string of the molecule is COc1ccc(-c2c(-c3nc4ccccc4s3)c(N)nc3c(C(=O)Nc4ccc(Cl)cc4)c(Nc4ccccc4)nn23)cc1.